The number of aromatic amines is 1. The molecule has 0 aliphatic heterocycles. The third-order valence-electron chi connectivity index (χ3n) is 5.48. The first-order chi connectivity index (χ1) is 14.8. The van der Waals surface area contributed by atoms with Crippen molar-refractivity contribution in [3.63, 3.8) is 0 Å². The molecule has 0 unspecified atom stereocenters. The van der Waals surface area contributed by atoms with Crippen molar-refractivity contribution in [1.82, 2.24) is 14.2 Å². The van der Waals surface area contributed by atoms with E-state index in [1.165, 1.54) is 4.31 Å². The molecule has 3 rings (SSSR count). The van der Waals surface area contributed by atoms with Crippen molar-refractivity contribution in [3.8, 4) is 0 Å². The fourth-order valence-corrected chi connectivity index (χ4v) is 4.97. The minimum Gasteiger partial charge on any atom is -0.361 e. The number of amides is 1. The van der Waals surface area contributed by atoms with Crippen molar-refractivity contribution in [3.05, 3.63) is 71.9 Å². The molecule has 166 valence electrons. The van der Waals surface area contributed by atoms with Gasteiger partial charge in [-0.2, -0.15) is 4.31 Å². The lowest BCUT2D eigenvalue weighted by molar-refractivity contribution is -0.132. The van der Waals surface area contributed by atoms with E-state index in [0.29, 0.717) is 19.5 Å². The summed E-state index contributed by atoms with van der Waals surface area (Å²) < 4.78 is 26.3. The number of carbonyl (C=O) groups is 1. The smallest absolute Gasteiger partial charge is 0.238 e. The van der Waals surface area contributed by atoms with Gasteiger partial charge in [0.2, 0.25) is 15.9 Å². The predicted molar refractivity (Wildman–Crippen MR) is 125 cm³/mol. The molecular formula is C24H31N3O3S. The number of rotatable bonds is 10. The van der Waals surface area contributed by atoms with Crippen LogP contribution in [0.1, 0.15) is 31.9 Å². The van der Waals surface area contributed by atoms with Gasteiger partial charge in [0, 0.05) is 36.2 Å². The second-order valence-corrected chi connectivity index (χ2v) is 10.2. The van der Waals surface area contributed by atoms with Crippen LogP contribution in [0, 0.1) is 0 Å². The lowest BCUT2D eigenvalue weighted by Crippen LogP contribution is -2.46. The largest absolute Gasteiger partial charge is 0.361 e. The summed E-state index contributed by atoms with van der Waals surface area (Å²) in [5.74, 6) is -0.207. The summed E-state index contributed by atoms with van der Waals surface area (Å²) in [5, 5.41) is 1.15. The van der Waals surface area contributed by atoms with Crippen molar-refractivity contribution < 1.29 is 13.2 Å². The molecule has 1 heterocycles. The molecule has 7 heteroatoms. The summed E-state index contributed by atoms with van der Waals surface area (Å²) in [6.07, 6.45) is 2.67. The van der Waals surface area contributed by atoms with E-state index in [-0.39, 0.29) is 24.2 Å². The van der Waals surface area contributed by atoms with Gasteiger partial charge in [0.25, 0.3) is 0 Å². The number of nitrogens with zero attached hydrogens (tertiary/aromatic N) is 2. The molecule has 0 saturated heterocycles. The molecule has 3 aromatic rings. The van der Waals surface area contributed by atoms with Gasteiger partial charge in [-0.25, -0.2) is 8.42 Å². The van der Waals surface area contributed by atoms with E-state index in [4.69, 9.17) is 0 Å². The van der Waals surface area contributed by atoms with E-state index in [1.54, 1.807) is 25.7 Å². The molecule has 2 aromatic carbocycles. The number of nitrogens with one attached hydrogen (secondary N) is 1. The van der Waals surface area contributed by atoms with Crippen molar-refractivity contribution in [2.75, 3.05) is 18.8 Å². The minimum atomic E-state index is -3.47. The van der Waals surface area contributed by atoms with Gasteiger partial charge in [0.15, 0.2) is 0 Å². The van der Waals surface area contributed by atoms with Crippen molar-refractivity contribution >= 4 is 26.8 Å². The number of para-hydroxylation sites is 1. The highest BCUT2D eigenvalue weighted by Crippen LogP contribution is 2.19. The number of sulfonamides is 1. The summed E-state index contributed by atoms with van der Waals surface area (Å²) in [7, 11) is -3.47. The second-order valence-electron chi connectivity index (χ2n) is 7.95. The van der Waals surface area contributed by atoms with E-state index in [0.717, 1.165) is 22.0 Å². The van der Waals surface area contributed by atoms with Gasteiger partial charge < -0.3 is 9.88 Å². The fourth-order valence-electron chi connectivity index (χ4n) is 3.69. The highest BCUT2D eigenvalue weighted by Gasteiger charge is 2.28. The Morgan fingerprint density at radius 1 is 1.03 bits per heavy atom. The Kier molecular flexibility index (Phi) is 7.51. The molecule has 6 nitrogen and oxygen atoms in total. The lowest BCUT2D eigenvalue weighted by Gasteiger charge is -2.29. The van der Waals surface area contributed by atoms with Gasteiger partial charge in [0.05, 0.1) is 12.3 Å². The summed E-state index contributed by atoms with van der Waals surface area (Å²) in [5.41, 5.74) is 3.23. The van der Waals surface area contributed by atoms with Gasteiger partial charge >= 0.3 is 0 Å². The van der Waals surface area contributed by atoms with Crippen molar-refractivity contribution in [2.24, 2.45) is 0 Å². The first kappa shape index (κ1) is 23.0. The standard InChI is InChI=1S/C24H31N3O3S/c1-4-31(29,30)27(19(2)3)18-24(28)26(17-20-10-6-5-7-11-20)15-14-21-16-25-23-13-9-8-12-22(21)23/h5-13,16,19,25H,4,14-15,17-18H2,1-3H3. The Hall–Kier alpha value is -2.64. The molecular weight excluding hydrogens is 410 g/mol. The molecule has 0 spiro atoms. The zero-order valence-electron chi connectivity index (χ0n) is 18.4. The van der Waals surface area contributed by atoms with Gasteiger partial charge in [0.1, 0.15) is 0 Å². The quantitative estimate of drug-likeness (QED) is 0.520. The molecule has 1 aromatic heterocycles. The van der Waals surface area contributed by atoms with Crippen LogP contribution in [-0.4, -0.2) is 53.4 Å². The average Bonchev–Trinajstić information content (AvgIpc) is 3.18. The Balaban J connectivity index is 1.80. The Bertz CT molecular complexity index is 1110. The zero-order chi connectivity index (χ0) is 22.4. The second kappa shape index (κ2) is 10.1. The van der Waals surface area contributed by atoms with Gasteiger partial charge in [-0.3, -0.25) is 4.79 Å². The van der Waals surface area contributed by atoms with E-state index < -0.39 is 10.0 Å². The van der Waals surface area contributed by atoms with Crippen LogP contribution in [0.5, 0.6) is 0 Å². The third-order valence-corrected chi connectivity index (χ3v) is 7.48. The van der Waals surface area contributed by atoms with E-state index >= 15 is 0 Å². The Morgan fingerprint density at radius 2 is 1.71 bits per heavy atom. The van der Waals surface area contributed by atoms with E-state index in [1.807, 2.05) is 54.7 Å². The summed E-state index contributed by atoms with van der Waals surface area (Å²) in [6.45, 7) is 6.01. The van der Waals surface area contributed by atoms with Crippen LogP contribution in [0.2, 0.25) is 0 Å². The average molecular weight is 442 g/mol. The van der Waals surface area contributed by atoms with E-state index in [9.17, 15) is 13.2 Å². The fraction of sp³-hybridized carbons (Fsp3) is 0.375. The van der Waals surface area contributed by atoms with Crippen molar-refractivity contribution in [2.45, 2.75) is 39.8 Å². The molecule has 1 N–H and O–H groups in total. The monoisotopic (exact) mass is 441 g/mol. The number of benzene rings is 2. The number of carbonyl (C=O) groups excluding carboxylic acids is 1. The Morgan fingerprint density at radius 3 is 2.39 bits per heavy atom. The molecule has 0 bridgehead atoms. The molecule has 0 saturated carbocycles. The third kappa shape index (κ3) is 5.74. The summed E-state index contributed by atoms with van der Waals surface area (Å²) >= 11 is 0. The van der Waals surface area contributed by atoms with Crippen LogP contribution >= 0.6 is 0 Å². The molecule has 0 fully saturated rings. The number of fused-ring (bicyclic) bond motifs is 1. The van der Waals surface area contributed by atoms with Gasteiger partial charge in [-0.05, 0) is 44.4 Å². The van der Waals surface area contributed by atoms with Gasteiger partial charge in [-0.15, -0.1) is 0 Å². The van der Waals surface area contributed by atoms with Crippen LogP contribution in [0.15, 0.2) is 60.8 Å². The number of hydrogen-bond acceptors (Lipinski definition) is 3. The van der Waals surface area contributed by atoms with Crippen LogP contribution in [0.25, 0.3) is 10.9 Å². The maximum absolute atomic E-state index is 13.3. The highest BCUT2D eigenvalue weighted by molar-refractivity contribution is 7.89. The first-order valence-corrected chi connectivity index (χ1v) is 12.3. The summed E-state index contributed by atoms with van der Waals surface area (Å²) in [6, 6.07) is 17.6. The lowest BCUT2D eigenvalue weighted by atomic mass is 10.1. The minimum absolute atomic E-state index is 0.0213. The molecule has 31 heavy (non-hydrogen) atoms. The first-order valence-electron chi connectivity index (χ1n) is 10.7. The van der Waals surface area contributed by atoms with Crippen LogP contribution in [0.3, 0.4) is 0 Å². The SMILES string of the molecule is CCS(=O)(=O)N(CC(=O)N(CCc1c[nH]c2ccccc12)Cc1ccccc1)C(C)C. The molecule has 1 amide bonds. The van der Waals surface area contributed by atoms with Gasteiger partial charge in [-0.1, -0.05) is 48.5 Å². The van der Waals surface area contributed by atoms with Crippen molar-refractivity contribution in [1.29, 1.82) is 0 Å². The molecule has 0 atom stereocenters. The van der Waals surface area contributed by atoms with Crippen LogP contribution < -0.4 is 0 Å². The molecule has 0 radical (unpaired) electrons. The maximum Gasteiger partial charge on any atom is 0.238 e. The Labute approximate surface area is 184 Å². The molecule has 0 aliphatic carbocycles. The normalized spacial score (nSPS) is 12.0. The van der Waals surface area contributed by atoms with Crippen LogP contribution in [-0.2, 0) is 27.8 Å². The zero-order valence-corrected chi connectivity index (χ0v) is 19.2. The number of hydrogen-bond donors (Lipinski definition) is 1. The predicted octanol–water partition coefficient (Wildman–Crippen LogP) is 3.80. The number of aromatic nitrogens is 1. The maximum atomic E-state index is 13.3. The number of H-pyrrole nitrogens is 1. The molecule has 0 aliphatic rings. The summed E-state index contributed by atoms with van der Waals surface area (Å²) in [4.78, 5) is 18.3. The van der Waals surface area contributed by atoms with E-state index in [2.05, 4.69) is 11.1 Å². The topological polar surface area (TPSA) is 73.5 Å². The highest BCUT2D eigenvalue weighted by atomic mass is 32.2. The van der Waals surface area contributed by atoms with Crippen LogP contribution in [0.4, 0.5) is 0 Å².